The van der Waals surface area contributed by atoms with Crippen LogP contribution in [0.5, 0.6) is 0 Å². The molecule has 3 nitrogen and oxygen atoms in total. The maximum absolute atomic E-state index is 13.0. The monoisotopic (exact) mass is 277 g/mol. The first-order chi connectivity index (χ1) is 9.15. The van der Waals surface area contributed by atoms with Crippen LogP contribution < -0.4 is 11.1 Å². The molecular formula is C14H13ClFN3. The highest BCUT2D eigenvalue weighted by atomic mass is 35.5. The maximum atomic E-state index is 13.0. The molecule has 0 radical (unpaired) electrons. The number of guanidine groups is 1. The van der Waals surface area contributed by atoms with Crippen molar-refractivity contribution >= 4 is 23.2 Å². The number of nitrogens with one attached hydrogen (secondary N) is 1. The van der Waals surface area contributed by atoms with Gasteiger partial charge < -0.3 is 11.1 Å². The van der Waals surface area contributed by atoms with Gasteiger partial charge in [-0.1, -0.05) is 35.9 Å². The van der Waals surface area contributed by atoms with Crippen LogP contribution in [0.1, 0.15) is 5.56 Å². The van der Waals surface area contributed by atoms with Gasteiger partial charge in [0.25, 0.3) is 0 Å². The summed E-state index contributed by atoms with van der Waals surface area (Å²) >= 11 is 5.69. The molecule has 0 aromatic heterocycles. The third-order valence-electron chi connectivity index (χ3n) is 2.46. The molecule has 0 bridgehead atoms. The van der Waals surface area contributed by atoms with Crippen molar-refractivity contribution in [2.24, 2.45) is 10.7 Å². The minimum Gasteiger partial charge on any atom is -0.370 e. The molecule has 0 amide bonds. The Morgan fingerprint density at radius 2 is 1.95 bits per heavy atom. The molecule has 2 aromatic carbocycles. The molecule has 2 rings (SSSR count). The highest BCUT2D eigenvalue weighted by molar-refractivity contribution is 6.30. The van der Waals surface area contributed by atoms with Crippen molar-refractivity contribution in [2.45, 2.75) is 6.54 Å². The lowest BCUT2D eigenvalue weighted by Gasteiger charge is -2.05. The Morgan fingerprint density at radius 3 is 2.63 bits per heavy atom. The zero-order chi connectivity index (χ0) is 13.7. The Labute approximate surface area is 115 Å². The summed E-state index contributed by atoms with van der Waals surface area (Å²) in [6.45, 7) is 0.339. The van der Waals surface area contributed by atoms with Crippen molar-refractivity contribution in [3.05, 3.63) is 64.9 Å². The normalized spacial score (nSPS) is 11.4. The Hall–Kier alpha value is -2.07. The van der Waals surface area contributed by atoms with E-state index < -0.39 is 5.82 Å². The first kappa shape index (κ1) is 13.4. The van der Waals surface area contributed by atoms with Crippen LogP contribution in [0.4, 0.5) is 10.1 Å². The molecule has 5 heteroatoms. The van der Waals surface area contributed by atoms with E-state index in [-0.39, 0.29) is 5.02 Å². The molecule has 0 heterocycles. The number of anilines is 1. The summed E-state index contributed by atoms with van der Waals surface area (Å²) in [7, 11) is 0. The first-order valence-electron chi connectivity index (χ1n) is 5.71. The Bertz CT molecular complexity index is 584. The maximum Gasteiger partial charge on any atom is 0.193 e. The van der Waals surface area contributed by atoms with E-state index in [4.69, 9.17) is 17.3 Å². The van der Waals surface area contributed by atoms with Gasteiger partial charge in [-0.2, -0.15) is 0 Å². The molecule has 98 valence electrons. The molecule has 0 unspecified atom stereocenters. The molecule has 0 saturated heterocycles. The summed E-state index contributed by atoms with van der Waals surface area (Å²) in [5, 5.41) is 3.04. The highest BCUT2D eigenvalue weighted by Gasteiger charge is 2.00. The lowest BCUT2D eigenvalue weighted by molar-refractivity contribution is 0.627. The van der Waals surface area contributed by atoms with E-state index in [2.05, 4.69) is 10.3 Å². The second kappa shape index (κ2) is 6.20. The molecule has 3 N–H and O–H groups in total. The van der Waals surface area contributed by atoms with Gasteiger partial charge in [0.15, 0.2) is 5.96 Å². The standard InChI is InChI=1S/C14H13ClFN3/c15-12-8-10(6-7-13(12)16)9-18-14(17)19-11-4-2-1-3-5-11/h1-8H,9H2,(H3,17,18,19). The quantitative estimate of drug-likeness (QED) is 0.667. The van der Waals surface area contributed by atoms with E-state index in [1.807, 2.05) is 30.3 Å². The molecule has 0 fully saturated rings. The molecule has 0 aliphatic heterocycles. The average molecular weight is 278 g/mol. The molecule has 0 saturated carbocycles. The predicted octanol–water partition coefficient (Wildman–Crippen LogP) is 3.41. The Balaban J connectivity index is 1.99. The molecule has 19 heavy (non-hydrogen) atoms. The zero-order valence-corrected chi connectivity index (χ0v) is 10.9. The van der Waals surface area contributed by atoms with Gasteiger partial charge in [0.1, 0.15) is 5.82 Å². The van der Waals surface area contributed by atoms with E-state index in [9.17, 15) is 4.39 Å². The number of rotatable bonds is 3. The molecule has 0 atom stereocenters. The minimum atomic E-state index is -0.440. The van der Waals surface area contributed by atoms with Gasteiger partial charge >= 0.3 is 0 Å². The largest absolute Gasteiger partial charge is 0.370 e. The Morgan fingerprint density at radius 1 is 1.21 bits per heavy atom. The fourth-order valence-corrected chi connectivity index (χ4v) is 1.73. The van der Waals surface area contributed by atoms with Gasteiger partial charge in [-0.3, -0.25) is 0 Å². The molecule has 0 aliphatic carbocycles. The summed E-state index contributed by atoms with van der Waals surface area (Å²) in [5.74, 6) is -0.142. The second-order valence-electron chi connectivity index (χ2n) is 3.94. The van der Waals surface area contributed by atoms with Crippen LogP contribution in [0.15, 0.2) is 53.5 Å². The SMILES string of the molecule is NC(=NCc1ccc(F)c(Cl)c1)Nc1ccccc1. The Kier molecular flexibility index (Phi) is 4.36. The summed E-state index contributed by atoms with van der Waals surface area (Å²) < 4.78 is 13.0. The zero-order valence-electron chi connectivity index (χ0n) is 10.1. The van der Waals surface area contributed by atoms with Gasteiger partial charge in [0, 0.05) is 5.69 Å². The van der Waals surface area contributed by atoms with Crippen molar-refractivity contribution in [3.8, 4) is 0 Å². The molecule has 0 spiro atoms. The van der Waals surface area contributed by atoms with Crippen molar-refractivity contribution in [1.82, 2.24) is 0 Å². The molecular weight excluding hydrogens is 265 g/mol. The van der Waals surface area contributed by atoms with Crippen LogP contribution in [0.2, 0.25) is 5.02 Å². The summed E-state index contributed by atoms with van der Waals surface area (Å²) in [6, 6.07) is 14.0. The summed E-state index contributed by atoms with van der Waals surface area (Å²) in [4.78, 5) is 4.16. The molecule has 2 aromatic rings. The smallest absolute Gasteiger partial charge is 0.193 e. The van der Waals surface area contributed by atoms with Crippen LogP contribution in [-0.4, -0.2) is 5.96 Å². The van der Waals surface area contributed by atoms with Crippen LogP contribution in [0, 0.1) is 5.82 Å². The van der Waals surface area contributed by atoms with Crippen molar-refractivity contribution in [2.75, 3.05) is 5.32 Å². The lowest BCUT2D eigenvalue weighted by atomic mass is 10.2. The number of nitrogens with zero attached hydrogens (tertiary/aromatic N) is 1. The van der Waals surface area contributed by atoms with E-state index in [0.29, 0.717) is 12.5 Å². The third kappa shape index (κ3) is 3.96. The summed E-state index contributed by atoms with van der Waals surface area (Å²) in [6.07, 6.45) is 0. The van der Waals surface area contributed by atoms with E-state index in [1.165, 1.54) is 12.1 Å². The first-order valence-corrected chi connectivity index (χ1v) is 6.09. The van der Waals surface area contributed by atoms with Crippen LogP contribution in [0.3, 0.4) is 0 Å². The number of halogens is 2. The van der Waals surface area contributed by atoms with Crippen LogP contribution in [-0.2, 0) is 6.54 Å². The van der Waals surface area contributed by atoms with Gasteiger partial charge in [0.2, 0.25) is 0 Å². The number of benzene rings is 2. The number of hydrogen-bond donors (Lipinski definition) is 2. The van der Waals surface area contributed by atoms with Crippen molar-refractivity contribution in [3.63, 3.8) is 0 Å². The number of hydrogen-bond acceptors (Lipinski definition) is 1. The predicted molar refractivity (Wildman–Crippen MR) is 76.8 cm³/mol. The van der Waals surface area contributed by atoms with E-state index in [0.717, 1.165) is 11.3 Å². The van der Waals surface area contributed by atoms with Gasteiger partial charge in [-0.25, -0.2) is 9.38 Å². The van der Waals surface area contributed by atoms with Crippen molar-refractivity contribution in [1.29, 1.82) is 0 Å². The van der Waals surface area contributed by atoms with Crippen LogP contribution in [0.25, 0.3) is 0 Å². The van der Waals surface area contributed by atoms with E-state index in [1.54, 1.807) is 6.07 Å². The number of nitrogens with two attached hydrogens (primary N) is 1. The lowest BCUT2D eigenvalue weighted by Crippen LogP contribution is -2.22. The highest BCUT2D eigenvalue weighted by Crippen LogP contribution is 2.16. The summed E-state index contributed by atoms with van der Waals surface area (Å²) in [5.41, 5.74) is 7.41. The minimum absolute atomic E-state index is 0.0855. The number of para-hydroxylation sites is 1. The fraction of sp³-hybridized carbons (Fsp3) is 0.0714. The van der Waals surface area contributed by atoms with Crippen LogP contribution >= 0.6 is 11.6 Å². The average Bonchev–Trinajstić information content (AvgIpc) is 2.41. The van der Waals surface area contributed by atoms with Gasteiger partial charge in [0.05, 0.1) is 11.6 Å². The fourth-order valence-electron chi connectivity index (χ4n) is 1.52. The molecule has 0 aliphatic rings. The third-order valence-corrected chi connectivity index (χ3v) is 2.75. The van der Waals surface area contributed by atoms with Crippen molar-refractivity contribution < 1.29 is 4.39 Å². The van der Waals surface area contributed by atoms with Gasteiger partial charge in [-0.15, -0.1) is 0 Å². The number of aliphatic imine (C=N–C) groups is 1. The second-order valence-corrected chi connectivity index (χ2v) is 4.35. The topological polar surface area (TPSA) is 50.4 Å². The van der Waals surface area contributed by atoms with E-state index >= 15 is 0 Å². The van der Waals surface area contributed by atoms with Gasteiger partial charge in [-0.05, 0) is 29.8 Å².